The van der Waals surface area contributed by atoms with Crippen molar-refractivity contribution >= 4 is 27.9 Å². The molecule has 0 aliphatic heterocycles. The minimum absolute atomic E-state index is 0.354. The van der Waals surface area contributed by atoms with Crippen molar-refractivity contribution in [3.8, 4) is 0 Å². The second kappa shape index (κ2) is 6.97. The quantitative estimate of drug-likeness (QED) is 0.540. The largest absolute Gasteiger partial charge is 0.354 e. The molecule has 8 nitrogen and oxygen atoms in total. The molecule has 4 rings (SSSR count). The van der Waals surface area contributed by atoms with Crippen LogP contribution in [0.25, 0.3) is 21.9 Å². The number of aryl methyl sites for hydroxylation is 1. The summed E-state index contributed by atoms with van der Waals surface area (Å²) in [6.07, 6.45) is 0. The molecule has 3 N–H and O–H groups in total. The average molecular weight is 378 g/mol. The van der Waals surface area contributed by atoms with E-state index >= 15 is 0 Å². The number of benzene rings is 2. The highest BCUT2D eigenvalue weighted by Gasteiger charge is 2.19. The number of fused-ring (bicyclic) bond motifs is 2. The molecule has 0 fully saturated rings. The highest BCUT2D eigenvalue weighted by atomic mass is 16.2. The summed E-state index contributed by atoms with van der Waals surface area (Å²) >= 11 is 0. The first-order valence-electron chi connectivity index (χ1n) is 9.09. The van der Waals surface area contributed by atoms with E-state index in [4.69, 9.17) is 5.73 Å². The Bertz CT molecular complexity index is 1290. The molecule has 0 unspecified atom stereocenters. The summed E-state index contributed by atoms with van der Waals surface area (Å²) in [7, 11) is 3.10. The number of anilines is 1. The lowest BCUT2D eigenvalue weighted by atomic mass is 10.0. The molecule has 0 atom stereocenters. The summed E-state index contributed by atoms with van der Waals surface area (Å²) in [6, 6.07) is 14.2. The van der Waals surface area contributed by atoms with E-state index in [1.165, 1.54) is 11.6 Å². The number of rotatable bonds is 5. The molecular weight excluding hydrogens is 356 g/mol. The van der Waals surface area contributed by atoms with Gasteiger partial charge in [-0.3, -0.25) is 18.5 Å². The van der Waals surface area contributed by atoms with Gasteiger partial charge in [-0.25, -0.2) is 4.79 Å². The van der Waals surface area contributed by atoms with Gasteiger partial charge in [-0.2, -0.15) is 4.98 Å². The zero-order valence-electron chi connectivity index (χ0n) is 15.8. The molecule has 0 spiro atoms. The second-order valence-electron chi connectivity index (χ2n) is 6.75. The van der Waals surface area contributed by atoms with Crippen molar-refractivity contribution in [3.63, 3.8) is 0 Å². The summed E-state index contributed by atoms with van der Waals surface area (Å²) in [5.41, 5.74) is 6.66. The van der Waals surface area contributed by atoms with E-state index in [1.54, 1.807) is 7.05 Å². The summed E-state index contributed by atoms with van der Waals surface area (Å²) in [4.78, 5) is 29.7. The number of hydrogen-bond donors (Lipinski definition) is 2. The third kappa shape index (κ3) is 2.78. The molecule has 0 aliphatic carbocycles. The zero-order chi connectivity index (χ0) is 19.8. The van der Waals surface area contributed by atoms with Gasteiger partial charge in [-0.15, -0.1) is 0 Å². The number of nitrogens with zero attached hydrogens (tertiary/aromatic N) is 4. The second-order valence-corrected chi connectivity index (χ2v) is 6.75. The zero-order valence-corrected chi connectivity index (χ0v) is 15.8. The molecule has 2 aromatic carbocycles. The van der Waals surface area contributed by atoms with Crippen molar-refractivity contribution in [3.05, 3.63) is 68.9 Å². The molecule has 0 radical (unpaired) electrons. The van der Waals surface area contributed by atoms with Gasteiger partial charge in [-0.05, 0) is 16.3 Å². The Labute approximate surface area is 160 Å². The minimum Gasteiger partial charge on any atom is -0.354 e. The number of imidazole rings is 1. The molecule has 144 valence electrons. The van der Waals surface area contributed by atoms with Gasteiger partial charge in [0.2, 0.25) is 5.95 Å². The average Bonchev–Trinajstić information content (AvgIpc) is 3.07. The smallest absolute Gasteiger partial charge is 0.332 e. The third-order valence-electron chi connectivity index (χ3n) is 4.98. The van der Waals surface area contributed by atoms with Gasteiger partial charge in [0.15, 0.2) is 11.2 Å². The molecule has 0 bridgehead atoms. The van der Waals surface area contributed by atoms with E-state index in [2.05, 4.69) is 28.5 Å². The van der Waals surface area contributed by atoms with Crippen molar-refractivity contribution < 1.29 is 0 Å². The molecule has 0 saturated carbocycles. The molecule has 4 aromatic rings. The van der Waals surface area contributed by atoms with Crippen LogP contribution in [0.3, 0.4) is 0 Å². The Morgan fingerprint density at radius 3 is 2.57 bits per heavy atom. The van der Waals surface area contributed by atoms with Crippen LogP contribution >= 0.6 is 0 Å². The first-order chi connectivity index (χ1) is 13.5. The van der Waals surface area contributed by atoms with E-state index in [0.717, 1.165) is 20.9 Å². The number of hydrogen-bond acceptors (Lipinski definition) is 5. The predicted molar refractivity (Wildman–Crippen MR) is 111 cm³/mol. The molecular formula is C20H22N6O2. The van der Waals surface area contributed by atoms with Crippen LogP contribution in [-0.4, -0.2) is 31.8 Å². The van der Waals surface area contributed by atoms with E-state index in [-0.39, 0.29) is 5.56 Å². The Morgan fingerprint density at radius 2 is 1.79 bits per heavy atom. The van der Waals surface area contributed by atoms with Crippen LogP contribution in [0.1, 0.15) is 5.56 Å². The fourth-order valence-electron chi connectivity index (χ4n) is 3.52. The van der Waals surface area contributed by atoms with E-state index in [1.807, 2.05) is 28.8 Å². The van der Waals surface area contributed by atoms with Crippen LogP contribution in [0.5, 0.6) is 0 Å². The van der Waals surface area contributed by atoms with Crippen molar-refractivity contribution in [2.24, 2.45) is 19.8 Å². The fourth-order valence-corrected chi connectivity index (χ4v) is 3.52. The highest BCUT2D eigenvalue weighted by Crippen LogP contribution is 2.23. The lowest BCUT2D eigenvalue weighted by molar-refractivity contribution is 0.702. The fraction of sp³-hybridized carbons (Fsp3) is 0.250. The van der Waals surface area contributed by atoms with Crippen LogP contribution in [0, 0.1) is 0 Å². The molecule has 28 heavy (non-hydrogen) atoms. The van der Waals surface area contributed by atoms with Gasteiger partial charge < -0.3 is 11.1 Å². The standard InChI is InChI=1S/C20H22N6O2/c1-24-17-16(18(27)25(2)20(24)28)26(19(23-17)22-11-10-21)12-14-8-5-7-13-6-3-4-9-15(13)14/h3-9H,10-12,21H2,1-2H3,(H,22,23). The first kappa shape index (κ1) is 18.0. The number of nitrogens with two attached hydrogens (primary N) is 1. The normalized spacial score (nSPS) is 11.4. The van der Waals surface area contributed by atoms with Crippen molar-refractivity contribution in [1.82, 2.24) is 18.7 Å². The molecule has 0 aliphatic rings. The third-order valence-corrected chi connectivity index (χ3v) is 4.98. The molecule has 8 heteroatoms. The minimum atomic E-state index is -0.405. The van der Waals surface area contributed by atoms with Gasteiger partial charge in [0.05, 0.1) is 6.54 Å². The van der Waals surface area contributed by atoms with Crippen LogP contribution in [-0.2, 0) is 20.6 Å². The Kier molecular flexibility index (Phi) is 4.48. The summed E-state index contributed by atoms with van der Waals surface area (Å²) < 4.78 is 4.33. The van der Waals surface area contributed by atoms with Crippen molar-refractivity contribution in [2.75, 3.05) is 18.4 Å². The maximum absolute atomic E-state index is 12.9. The first-order valence-corrected chi connectivity index (χ1v) is 9.09. The highest BCUT2D eigenvalue weighted by molar-refractivity contribution is 5.86. The maximum atomic E-state index is 12.9. The van der Waals surface area contributed by atoms with E-state index in [0.29, 0.717) is 36.7 Å². The lowest BCUT2D eigenvalue weighted by Gasteiger charge is -2.12. The topological polar surface area (TPSA) is 99.9 Å². The van der Waals surface area contributed by atoms with Gasteiger partial charge in [0.1, 0.15) is 0 Å². The van der Waals surface area contributed by atoms with Gasteiger partial charge in [0, 0.05) is 27.2 Å². The molecule has 0 amide bonds. The SMILES string of the molecule is Cn1c(=O)c2c(nc(NCCN)n2Cc2cccc3ccccc23)n(C)c1=O. The maximum Gasteiger partial charge on any atom is 0.332 e. The Balaban J connectivity index is 1.99. The van der Waals surface area contributed by atoms with Gasteiger partial charge >= 0.3 is 5.69 Å². The van der Waals surface area contributed by atoms with E-state index < -0.39 is 5.69 Å². The van der Waals surface area contributed by atoms with Crippen LogP contribution in [0.2, 0.25) is 0 Å². The van der Waals surface area contributed by atoms with Crippen LogP contribution in [0.4, 0.5) is 5.95 Å². The van der Waals surface area contributed by atoms with Crippen LogP contribution < -0.4 is 22.3 Å². The summed E-state index contributed by atoms with van der Waals surface area (Å²) in [5.74, 6) is 0.520. The summed E-state index contributed by atoms with van der Waals surface area (Å²) in [5, 5.41) is 5.41. The monoisotopic (exact) mass is 378 g/mol. The Morgan fingerprint density at radius 1 is 1.04 bits per heavy atom. The molecule has 2 aromatic heterocycles. The Hall–Kier alpha value is -3.39. The van der Waals surface area contributed by atoms with Crippen molar-refractivity contribution in [1.29, 1.82) is 0 Å². The van der Waals surface area contributed by atoms with Gasteiger partial charge in [0.25, 0.3) is 5.56 Å². The predicted octanol–water partition coefficient (Wildman–Crippen LogP) is 1.01. The summed E-state index contributed by atoms with van der Waals surface area (Å²) in [6.45, 7) is 1.37. The molecule has 0 saturated heterocycles. The van der Waals surface area contributed by atoms with Gasteiger partial charge in [-0.1, -0.05) is 42.5 Å². The number of nitrogens with one attached hydrogen (secondary N) is 1. The van der Waals surface area contributed by atoms with Crippen molar-refractivity contribution in [2.45, 2.75) is 6.54 Å². The van der Waals surface area contributed by atoms with E-state index in [9.17, 15) is 9.59 Å². The molecule has 2 heterocycles. The lowest BCUT2D eigenvalue weighted by Crippen LogP contribution is -2.37. The van der Waals surface area contributed by atoms with Crippen LogP contribution in [0.15, 0.2) is 52.1 Å². The number of aromatic nitrogens is 4.